The van der Waals surface area contributed by atoms with Gasteiger partial charge in [0.05, 0.1) is 0 Å². The van der Waals surface area contributed by atoms with Gasteiger partial charge in [0.2, 0.25) is 0 Å². The summed E-state index contributed by atoms with van der Waals surface area (Å²) in [6, 6.07) is 0. The van der Waals surface area contributed by atoms with Gasteiger partial charge in [-0.25, -0.2) is 0 Å². The van der Waals surface area contributed by atoms with Crippen molar-refractivity contribution in [1.82, 2.24) is 0 Å². The van der Waals surface area contributed by atoms with Gasteiger partial charge in [0.15, 0.2) is 0 Å². The van der Waals surface area contributed by atoms with Crippen molar-refractivity contribution in [3.63, 3.8) is 0 Å². The Labute approximate surface area is 87.7 Å². The highest BCUT2D eigenvalue weighted by Crippen LogP contribution is 2.25. The number of hydrogen-bond donors (Lipinski definition) is 2. The van der Waals surface area contributed by atoms with Gasteiger partial charge >= 0.3 is 11.9 Å². The topological polar surface area (TPSA) is 74.6 Å². The minimum Gasteiger partial charge on any atom is -0.481 e. The predicted octanol–water partition coefficient (Wildman–Crippen LogP) is 1.84. The molecule has 0 aliphatic rings. The summed E-state index contributed by atoms with van der Waals surface area (Å²) < 4.78 is -0.775. The fraction of sp³-hybridized carbons (Fsp3) is 0.778. The summed E-state index contributed by atoms with van der Waals surface area (Å²) in [5, 5.41) is 17.1. The standard InChI is InChI=1S/C9H16O4S/c1-9(2,8(12)13)14-6-4-3-5-7(10)11/h3-6H2,1-2H3,(H,10,11)(H,12,13). The third kappa shape index (κ3) is 5.85. The second-order valence-electron chi connectivity index (χ2n) is 3.51. The molecule has 0 aromatic rings. The van der Waals surface area contributed by atoms with Crippen LogP contribution in [0.4, 0.5) is 0 Å². The molecule has 0 fully saturated rings. The lowest BCUT2D eigenvalue weighted by Gasteiger charge is -2.17. The molecule has 2 N–H and O–H groups in total. The van der Waals surface area contributed by atoms with Gasteiger partial charge in [-0.1, -0.05) is 0 Å². The number of carboxylic acids is 2. The molecule has 0 aromatic carbocycles. The molecule has 0 aliphatic heterocycles. The summed E-state index contributed by atoms with van der Waals surface area (Å²) >= 11 is 1.35. The molecule has 0 spiro atoms. The molecule has 0 unspecified atom stereocenters. The van der Waals surface area contributed by atoms with E-state index in [1.54, 1.807) is 13.8 Å². The van der Waals surface area contributed by atoms with Gasteiger partial charge in [-0.15, -0.1) is 11.8 Å². The number of hydrogen-bond acceptors (Lipinski definition) is 3. The summed E-state index contributed by atoms with van der Waals surface area (Å²) in [5.74, 6) is -0.944. The van der Waals surface area contributed by atoms with Gasteiger partial charge in [0.1, 0.15) is 4.75 Å². The van der Waals surface area contributed by atoms with E-state index in [9.17, 15) is 9.59 Å². The van der Waals surface area contributed by atoms with E-state index in [1.807, 2.05) is 0 Å². The third-order valence-electron chi connectivity index (χ3n) is 1.76. The minimum absolute atomic E-state index is 0.161. The predicted molar refractivity (Wildman–Crippen MR) is 55.7 cm³/mol. The van der Waals surface area contributed by atoms with E-state index in [0.29, 0.717) is 12.2 Å². The Morgan fingerprint density at radius 3 is 2.21 bits per heavy atom. The molecule has 0 saturated heterocycles. The van der Waals surface area contributed by atoms with Crippen LogP contribution in [0.25, 0.3) is 0 Å². The van der Waals surface area contributed by atoms with Gasteiger partial charge in [0.25, 0.3) is 0 Å². The summed E-state index contributed by atoms with van der Waals surface area (Å²) in [6.45, 7) is 3.30. The zero-order valence-corrected chi connectivity index (χ0v) is 9.26. The average Bonchev–Trinajstić information content (AvgIpc) is 2.02. The Bertz CT molecular complexity index is 213. The van der Waals surface area contributed by atoms with Gasteiger partial charge in [0, 0.05) is 6.42 Å². The average molecular weight is 220 g/mol. The summed E-state index contributed by atoms with van der Waals surface area (Å²) in [7, 11) is 0. The van der Waals surface area contributed by atoms with Crippen molar-refractivity contribution in [2.75, 3.05) is 5.75 Å². The van der Waals surface area contributed by atoms with Crippen LogP contribution in [0.5, 0.6) is 0 Å². The highest BCUT2D eigenvalue weighted by Gasteiger charge is 2.26. The Kier molecular flexibility index (Phi) is 5.60. The Balaban J connectivity index is 3.54. The molecule has 5 heteroatoms. The van der Waals surface area contributed by atoms with E-state index in [1.165, 1.54) is 11.8 Å². The Morgan fingerprint density at radius 2 is 1.79 bits per heavy atom. The van der Waals surface area contributed by atoms with E-state index in [0.717, 1.165) is 6.42 Å². The molecule has 4 nitrogen and oxygen atoms in total. The number of aliphatic carboxylic acids is 2. The zero-order chi connectivity index (χ0) is 11.2. The molecular weight excluding hydrogens is 204 g/mol. The van der Waals surface area contributed by atoms with Crippen LogP contribution in [0.15, 0.2) is 0 Å². The van der Waals surface area contributed by atoms with Crippen molar-refractivity contribution in [2.24, 2.45) is 0 Å². The van der Waals surface area contributed by atoms with E-state index in [-0.39, 0.29) is 6.42 Å². The smallest absolute Gasteiger partial charge is 0.319 e. The lowest BCUT2D eigenvalue weighted by Crippen LogP contribution is -2.27. The number of carboxylic acid groups (broad SMARTS) is 2. The zero-order valence-electron chi connectivity index (χ0n) is 8.45. The second-order valence-corrected chi connectivity index (χ2v) is 5.23. The molecule has 14 heavy (non-hydrogen) atoms. The number of unbranched alkanes of at least 4 members (excludes halogenated alkanes) is 1. The highest BCUT2D eigenvalue weighted by atomic mass is 32.2. The molecule has 0 aromatic heterocycles. The molecule has 0 radical (unpaired) electrons. The summed E-state index contributed by atoms with van der Waals surface area (Å²) in [5.41, 5.74) is 0. The van der Waals surface area contributed by atoms with Crippen molar-refractivity contribution in [3.05, 3.63) is 0 Å². The van der Waals surface area contributed by atoms with Crippen LogP contribution in [-0.2, 0) is 9.59 Å². The molecule has 0 bridgehead atoms. The largest absolute Gasteiger partial charge is 0.481 e. The molecular formula is C9H16O4S. The van der Waals surface area contributed by atoms with Crippen molar-refractivity contribution < 1.29 is 19.8 Å². The van der Waals surface area contributed by atoms with Crippen LogP contribution in [0.1, 0.15) is 33.1 Å². The number of carbonyl (C=O) groups is 2. The number of rotatable bonds is 7. The van der Waals surface area contributed by atoms with Crippen LogP contribution < -0.4 is 0 Å². The maximum absolute atomic E-state index is 10.7. The molecule has 0 atom stereocenters. The normalized spacial score (nSPS) is 11.3. The fourth-order valence-electron chi connectivity index (χ4n) is 0.767. The van der Waals surface area contributed by atoms with Crippen molar-refractivity contribution in [3.8, 4) is 0 Å². The van der Waals surface area contributed by atoms with Gasteiger partial charge in [-0.2, -0.15) is 0 Å². The van der Waals surface area contributed by atoms with E-state index >= 15 is 0 Å². The Morgan fingerprint density at radius 1 is 1.21 bits per heavy atom. The molecule has 0 heterocycles. The first-order valence-corrected chi connectivity index (χ1v) is 5.44. The van der Waals surface area contributed by atoms with Crippen molar-refractivity contribution >= 4 is 23.7 Å². The minimum atomic E-state index is -0.833. The molecule has 0 aliphatic carbocycles. The Hall–Kier alpha value is -0.710. The summed E-state index contributed by atoms with van der Waals surface area (Å²) in [6.07, 6.45) is 1.51. The van der Waals surface area contributed by atoms with E-state index in [4.69, 9.17) is 10.2 Å². The molecule has 0 saturated carbocycles. The van der Waals surface area contributed by atoms with E-state index < -0.39 is 16.7 Å². The number of thioether (sulfide) groups is 1. The lowest BCUT2D eigenvalue weighted by atomic mass is 10.2. The van der Waals surface area contributed by atoms with Crippen LogP contribution >= 0.6 is 11.8 Å². The molecule has 82 valence electrons. The van der Waals surface area contributed by atoms with E-state index in [2.05, 4.69) is 0 Å². The molecule has 0 rings (SSSR count). The first kappa shape index (κ1) is 13.3. The quantitative estimate of drug-likeness (QED) is 0.640. The van der Waals surface area contributed by atoms with Crippen LogP contribution in [0.3, 0.4) is 0 Å². The lowest BCUT2D eigenvalue weighted by molar-refractivity contribution is -0.139. The SMILES string of the molecule is CC(C)(SCCCCC(=O)O)C(=O)O. The molecule has 0 amide bonds. The van der Waals surface area contributed by atoms with Crippen LogP contribution in [-0.4, -0.2) is 32.7 Å². The highest BCUT2D eigenvalue weighted by molar-refractivity contribution is 8.01. The second kappa shape index (κ2) is 5.90. The monoisotopic (exact) mass is 220 g/mol. The van der Waals surface area contributed by atoms with Gasteiger partial charge < -0.3 is 10.2 Å². The fourth-order valence-corrected chi connectivity index (χ4v) is 1.75. The van der Waals surface area contributed by atoms with Crippen molar-refractivity contribution in [1.29, 1.82) is 0 Å². The van der Waals surface area contributed by atoms with Crippen LogP contribution in [0, 0.1) is 0 Å². The first-order valence-electron chi connectivity index (χ1n) is 4.45. The third-order valence-corrected chi connectivity index (χ3v) is 3.15. The van der Waals surface area contributed by atoms with Crippen LogP contribution in [0.2, 0.25) is 0 Å². The van der Waals surface area contributed by atoms with Crippen molar-refractivity contribution in [2.45, 2.75) is 37.9 Å². The maximum atomic E-state index is 10.7. The maximum Gasteiger partial charge on any atom is 0.319 e. The van der Waals surface area contributed by atoms with Gasteiger partial charge in [-0.3, -0.25) is 9.59 Å². The first-order chi connectivity index (χ1) is 6.36. The summed E-state index contributed by atoms with van der Waals surface area (Å²) in [4.78, 5) is 20.8. The van der Waals surface area contributed by atoms with Gasteiger partial charge in [-0.05, 0) is 32.4 Å².